The Morgan fingerprint density at radius 1 is 1.05 bits per heavy atom. The predicted octanol–water partition coefficient (Wildman–Crippen LogP) is 4.34. The number of ether oxygens (including phenoxy) is 2. The van der Waals surface area contributed by atoms with E-state index in [1.165, 1.54) is 20.3 Å². The van der Waals surface area contributed by atoms with E-state index in [0.29, 0.717) is 29.0 Å². The summed E-state index contributed by atoms with van der Waals surface area (Å²) in [6.07, 6.45) is 9.60. The molecule has 0 bridgehead atoms. The second-order valence-electron chi connectivity index (χ2n) is 9.47. The number of hydrogen-bond donors (Lipinski definition) is 2. The van der Waals surface area contributed by atoms with Crippen LogP contribution in [0.1, 0.15) is 56.8 Å². The first kappa shape index (κ1) is 27.3. The number of ketones is 1. The molecule has 0 spiro atoms. The fraction of sp³-hybridized carbons (Fsp3) is 0.194. The maximum atomic E-state index is 13.6. The first-order chi connectivity index (χ1) is 19.9. The van der Waals surface area contributed by atoms with Crippen LogP contribution in [0.25, 0.3) is 0 Å². The Morgan fingerprint density at radius 3 is 2.59 bits per heavy atom. The number of anilines is 2. The van der Waals surface area contributed by atoms with Crippen molar-refractivity contribution in [3.8, 4) is 11.5 Å². The molecule has 0 saturated heterocycles. The molecule has 10 heteroatoms. The lowest BCUT2D eigenvalue weighted by Crippen LogP contribution is -2.25. The number of methoxy groups -OCH3 is 2. The second-order valence-corrected chi connectivity index (χ2v) is 9.47. The summed E-state index contributed by atoms with van der Waals surface area (Å²) in [6, 6.07) is 15.4. The zero-order chi connectivity index (χ0) is 28.9. The Morgan fingerprint density at radius 2 is 1.88 bits per heavy atom. The van der Waals surface area contributed by atoms with Gasteiger partial charge in [0.2, 0.25) is 5.95 Å². The van der Waals surface area contributed by atoms with Crippen molar-refractivity contribution >= 4 is 23.8 Å². The highest BCUT2D eigenvalue weighted by Crippen LogP contribution is 2.36. The van der Waals surface area contributed by atoms with Gasteiger partial charge in [0.1, 0.15) is 11.9 Å². The fourth-order valence-electron chi connectivity index (χ4n) is 4.81. The van der Waals surface area contributed by atoms with Crippen molar-refractivity contribution in [3.63, 3.8) is 0 Å². The third kappa shape index (κ3) is 5.72. The van der Waals surface area contributed by atoms with Crippen LogP contribution in [0.3, 0.4) is 0 Å². The monoisotopic (exact) mass is 549 g/mol. The third-order valence-corrected chi connectivity index (χ3v) is 6.90. The fourth-order valence-corrected chi connectivity index (χ4v) is 4.81. The highest BCUT2D eigenvalue weighted by atomic mass is 16.5. The Bertz CT molecular complexity index is 1630. The molecule has 10 nitrogen and oxygen atoms in total. The minimum Gasteiger partial charge on any atom is -0.493 e. The van der Waals surface area contributed by atoms with Crippen LogP contribution in [0.2, 0.25) is 0 Å². The van der Waals surface area contributed by atoms with E-state index >= 15 is 0 Å². The number of hydrogen-bond acceptors (Lipinski definition) is 10. The second kappa shape index (κ2) is 11.9. The summed E-state index contributed by atoms with van der Waals surface area (Å²) < 4.78 is 11.1. The zero-order valence-corrected chi connectivity index (χ0v) is 23.1. The molecule has 0 amide bonds. The lowest BCUT2D eigenvalue weighted by atomic mass is 9.94. The van der Waals surface area contributed by atoms with Crippen molar-refractivity contribution in [2.24, 2.45) is 5.10 Å². The number of rotatable bonds is 9. The number of aromatic nitrogens is 3. The lowest BCUT2D eigenvalue weighted by Gasteiger charge is -2.31. The quantitative estimate of drug-likeness (QED) is 0.230. The minimum atomic E-state index is -0.282. The number of hydrazone groups is 1. The molecule has 2 aromatic carbocycles. The van der Waals surface area contributed by atoms with Crippen molar-refractivity contribution in [2.75, 3.05) is 25.7 Å². The smallest absolute Gasteiger partial charge is 0.221 e. The van der Waals surface area contributed by atoms with Gasteiger partial charge in [0.15, 0.2) is 17.3 Å². The molecule has 2 aromatic heterocycles. The summed E-state index contributed by atoms with van der Waals surface area (Å²) in [4.78, 5) is 26.3. The normalized spacial score (nSPS) is 14.2. The average molecular weight is 550 g/mol. The average Bonchev–Trinajstić information content (AvgIpc) is 3.00. The number of nitrogen functional groups attached to an aromatic ring is 2. The van der Waals surface area contributed by atoms with E-state index in [-0.39, 0.29) is 23.6 Å². The molecule has 208 valence electrons. The molecule has 41 heavy (non-hydrogen) atoms. The number of pyridine rings is 1. The molecule has 1 aliphatic rings. The molecule has 5 rings (SSSR count). The summed E-state index contributed by atoms with van der Waals surface area (Å²) in [6.45, 7) is 2.07. The van der Waals surface area contributed by atoms with E-state index in [0.717, 1.165) is 34.4 Å². The first-order valence-corrected chi connectivity index (χ1v) is 13.1. The molecular weight excluding hydrogens is 518 g/mol. The standard InChI is InChI=1S/C31H31N7O3/c1-4-23-10-9-21(16-34-23)28-24-8-6-5-7-20(24)18-36-38(28)12-11-26(39)25-14-19(15-27(40-2)29(25)41-3)13-22-17-35-31(33)37-30(22)32/h5-12,14-18,28H,4,13H2,1-3H3,(H4,32,33,35,37). The van der Waals surface area contributed by atoms with E-state index in [1.807, 2.05) is 30.5 Å². The molecule has 0 saturated carbocycles. The van der Waals surface area contributed by atoms with Gasteiger partial charge in [-0.2, -0.15) is 10.1 Å². The summed E-state index contributed by atoms with van der Waals surface area (Å²) >= 11 is 0. The van der Waals surface area contributed by atoms with Crippen molar-refractivity contribution in [2.45, 2.75) is 25.8 Å². The Kier molecular flexibility index (Phi) is 7.91. The van der Waals surface area contributed by atoms with Gasteiger partial charge in [-0.25, -0.2) is 4.98 Å². The van der Waals surface area contributed by atoms with Crippen molar-refractivity contribution in [3.05, 3.63) is 112 Å². The molecule has 1 unspecified atom stereocenters. The minimum absolute atomic E-state index is 0.0953. The molecule has 3 heterocycles. The molecular formula is C31H31N7O3. The summed E-state index contributed by atoms with van der Waals surface area (Å²) in [7, 11) is 3.02. The van der Waals surface area contributed by atoms with Crippen molar-refractivity contribution in [1.29, 1.82) is 0 Å². The predicted molar refractivity (Wildman–Crippen MR) is 158 cm³/mol. The number of carbonyl (C=O) groups excluding carboxylic acids is 1. The third-order valence-electron chi connectivity index (χ3n) is 6.90. The van der Waals surface area contributed by atoms with E-state index in [4.69, 9.17) is 20.9 Å². The maximum Gasteiger partial charge on any atom is 0.221 e. The molecule has 1 aliphatic heterocycles. The van der Waals surface area contributed by atoms with Gasteiger partial charge in [-0.1, -0.05) is 37.3 Å². The van der Waals surface area contributed by atoms with Gasteiger partial charge in [-0.05, 0) is 41.3 Å². The van der Waals surface area contributed by atoms with Gasteiger partial charge in [0, 0.05) is 47.9 Å². The molecule has 0 fully saturated rings. The number of aryl methyl sites for hydroxylation is 1. The SMILES string of the molecule is CCc1ccc(C2c3ccccc3C=NN2C=CC(=O)c2cc(Cc3cnc(N)nc3N)cc(OC)c2OC)cn1. The lowest BCUT2D eigenvalue weighted by molar-refractivity contribution is 0.104. The summed E-state index contributed by atoms with van der Waals surface area (Å²) in [5.74, 6) is 0.835. The Balaban J connectivity index is 1.49. The topological polar surface area (TPSA) is 142 Å². The van der Waals surface area contributed by atoms with Gasteiger partial charge < -0.3 is 20.9 Å². The van der Waals surface area contributed by atoms with Crippen LogP contribution >= 0.6 is 0 Å². The van der Waals surface area contributed by atoms with Crippen LogP contribution in [-0.4, -0.2) is 46.2 Å². The van der Waals surface area contributed by atoms with Gasteiger partial charge >= 0.3 is 0 Å². The number of benzene rings is 2. The maximum absolute atomic E-state index is 13.6. The van der Waals surface area contributed by atoms with Gasteiger partial charge in [-0.15, -0.1) is 0 Å². The van der Waals surface area contributed by atoms with Crippen LogP contribution in [0.4, 0.5) is 11.8 Å². The highest BCUT2D eigenvalue weighted by Gasteiger charge is 2.26. The van der Waals surface area contributed by atoms with E-state index in [9.17, 15) is 4.79 Å². The molecule has 0 radical (unpaired) electrons. The van der Waals surface area contributed by atoms with E-state index in [2.05, 4.69) is 39.1 Å². The first-order valence-electron chi connectivity index (χ1n) is 13.1. The number of allylic oxidation sites excluding steroid dienone is 1. The van der Waals surface area contributed by atoms with Gasteiger partial charge in [0.25, 0.3) is 0 Å². The number of fused-ring (bicyclic) bond motifs is 1. The van der Waals surface area contributed by atoms with Crippen molar-refractivity contribution < 1.29 is 14.3 Å². The highest BCUT2D eigenvalue weighted by molar-refractivity contribution is 6.07. The molecule has 4 aromatic rings. The molecule has 1 atom stereocenters. The zero-order valence-electron chi connectivity index (χ0n) is 23.1. The van der Waals surface area contributed by atoms with Crippen LogP contribution in [-0.2, 0) is 12.8 Å². The molecule has 0 aliphatic carbocycles. The van der Waals surface area contributed by atoms with Crippen LogP contribution < -0.4 is 20.9 Å². The summed E-state index contributed by atoms with van der Waals surface area (Å²) in [5.41, 5.74) is 17.5. The van der Waals surface area contributed by atoms with Crippen LogP contribution in [0.15, 0.2) is 78.3 Å². The Hall–Kier alpha value is -5.25. The number of nitrogens with zero attached hydrogens (tertiary/aromatic N) is 5. The van der Waals surface area contributed by atoms with E-state index < -0.39 is 0 Å². The number of nitrogens with two attached hydrogens (primary N) is 2. The Labute approximate surface area is 238 Å². The largest absolute Gasteiger partial charge is 0.493 e. The van der Waals surface area contributed by atoms with Crippen LogP contribution in [0.5, 0.6) is 11.5 Å². The van der Waals surface area contributed by atoms with Crippen molar-refractivity contribution in [1.82, 2.24) is 20.0 Å². The van der Waals surface area contributed by atoms with Crippen LogP contribution in [0, 0.1) is 0 Å². The van der Waals surface area contributed by atoms with E-state index in [1.54, 1.807) is 35.8 Å². The molecule has 4 N–H and O–H groups in total. The van der Waals surface area contributed by atoms with Gasteiger partial charge in [-0.3, -0.25) is 14.8 Å². The van der Waals surface area contributed by atoms with Gasteiger partial charge in [0.05, 0.1) is 26.0 Å². The number of carbonyl (C=O) groups is 1. The summed E-state index contributed by atoms with van der Waals surface area (Å²) in [5, 5.41) is 6.42.